The molecule has 0 aliphatic carbocycles. The van der Waals surface area contributed by atoms with Crippen molar-refractivity contribution in [1.82, 2.24) is 4.57 Å². The van der Waals surface area contributed by atoms with E-state index in [4.69, 9.17) is 5.41 Å². The van der Waals surface area contributed by atoms with Crippen LogP contribution in [0.4, 0.5) is 20.2 Å². The summed E-state index contributed by atoms with van der Waals surface area (Å²) in [5.74, 6) is -1.35. The van der Waals surface area contributed by atoms with Crippen LogP contribution in [0.5, 0.6) is 0 Å². The molecule has 5 nitrogen and oxygen atoms in total. The van der Waals surface area contributed by atoms with Crippen LogP contribution in [-0.2, 0) is 0 Å². The molecule has 0 aliphatic rings. The maximum Gasteiger partial charge on any atom is 0.130 e. The topological polar surface area (TPSA) is 76.7 Å². The summed E-state index contributed by atoms with van der Waals surface area (Å²) < 4.78 is 30.4. The Morgan fingerprint density at radius 2 is 1.09 bits per heavy atom. The molecule has 8 aromatic carbocycles. The monoisotopic (exact) mass is 691 g/mol. The van der Waals surface area contributed by atoms with E-state index in [1.54, 1.807) is 0 Å². The van der Waals surface area contributed by atoms with Crippen LogP contribution in [0.15, 0.2) is 164 Å². The lowest BCUT2D eigenvalue weighted by molar-refractivity contribution is 0.583. The summed E-state index contributed by atoms with van der Waals surface area (Å²) in [5.41, 5.74) is 7.21. The van der Waals surface area contributed by atoms with Crippen molar-refractivity contribution in [2.24, 2.45) is 0 Å². The molecule has 7 heteroatoms. The summed E-state index contributed by atoms with van der Waals surface area (Å²) in [6.45, 7) is 0. The van der Waals surface area contributed by atoms with Crippen molar-refractivity contribution in [1.29, 1.82) is 10.8 Å². The van der Waals surface area contributed by atoms with Gasteiger partial charge >= 0.3 is 0 Å². The molecule has 0 saturated carbocycles. The average Bonchev–Trinajstić information content (AvgIpc) is 3.51. The molecule has 254 valence electrons. The van der Waals surface area contributed by atoms with Crippen molar-refractivity contribution in [3.63, 3.8) is 0 Å². The van der Waals surface area contributed by atoms with E-state index in [1.165, 1.54) is 0 Å². The average molecular weight is 692 g/mol. The molecule has 0 aliphatic heterocycles. The highest BCUT2D eigenvalue weighted by molar-refractivity contribution is 6.15. The lowest BCUT2D eigenvalue weighted by atomic mass is 9.94. The van der Waals surface area contributed by atoms with Crippen LogP contribution in [0, 0.1) is 22.5 Å². The number of fused-ring (bicyclic) bond motifs is 5. The molecule has 0 unspecified atom stereocenters. The smallest absolute Gasteiger partial charge is 0.130 e. The second-order valence-corrected chi connectivity index (χ2v) is 13.1. The third-order valence-electron chi connectivity index (χ3n) is 9.69. The molecule has 0 amide bonds. The highest BCUT2D eigenvalue weighted by Gasteiger charge is 2.16. The third-order valence-corrected chi connectivity index (χ3v) is 9.69. The molecule has 0 spiro atoms. The molecule has 0 saturated heterocycles. The molecule has 0 bridgehead atoms. The zero-order valence-electron chi connectivity index (χ0n) is 28.3. The minimum Gasteiger partial charge on any atom is -0.340 e. The summed E-state index contributed by atoms with van der Waals surface area (Å²) in [6.07, 6.45) is 0. The molecule has 53 heavy (non-hydrogen) atoms. The summed E-state index contributed by atoms with van der Waals surface area (Å²) in [4.78, 5) is 0. The Balaban J connectivity index is 1.12. The van der Waals surface area contributed by atoms with Crippen molar-refractivity contribution >= 4 is 66.4 Å². The first-order valence-electron chi connectivity index (χ1n) is 17.2. The summed E-state index contributed by atoms with van der Waals surface area (Å²) >= 11 is 0. The predicted molar refractivity (Wildman–Crippen MR) is 215 cm³/mol. The van der Waals surface area contributed by atoms with E-state index in [0.29, 0.717) is 5.69 Å². The summed E-state index contributed by atoms with van der Waals surface area (Å²) in [6, 6.07) is 51.9. The molecule has 0 atom stereocenters. The second kappa shape index (κ2) is 12.9. The number of para-hydroxylation sites is 2. The number of hydrogen-bond acceptors (Lipinski definition) is 2. The van der Waals surface area contributed by atoms with Crippen LogP contribution in [0.3, 0.4) is 0 Å². The van der Waals surface area contributed by atoms with Gasteiger partial charge in [0.15, 0.2) is 0 Å². The third kappa shape index (κ3) is 5.84. The highest BCUT2D eigenvalue weighted by Crippen LogP contribution is 2.38. The fourth-order valence-corrected chi connectivity index (χ4v) is 7.29. The molecular weight excluding hydrogens is 661 g/mol. The number of nitrogens with zero attached hydrogens (tertiary/aromatic N) is 1. The Bertz CT molecular complexity index is 2890. The largest absolute Gasteiger partial charge is 0.340 e. The second-order valence-electron chi connectivity index (χ2n) is 13.1. The number of aromatic nitrogens is 1. The SMILES string of the molecule is N=C(Nc1cc(-c2cc(NC(=N)c3cc(F)cc(F)c3)c3ccccc3c2)c2ccccc2c1)c1ccc2c3ccccc3n(-c3ccccc3)c2c1. The summed E-state index contributed by atoms with van der Waals surface area (Å²) in [5, 5.41) is 30.5. The maximum atomic E-state index is 14.1. The van der Waals surface area contributed by atoms with Crippen molar-refractivity contribution < 1.29 is 8.78 Å². The Labute approximate surface area is 303 Å². The first-order valence-corrected chi connectivity index (χ1v) is 17.2. The van der Waals surface area contributed by atoms with E-state index < -0.39 is 11.6 Å². The van der Waals surface area contributed by atoms with Crippen LogP contribution >= 0.6 is 0 Å². The number of nitrogens with one attached hydrogen (secondary N) is 4. The number of benzene rings is 8. The first-order chi connectivity index (χ1) is 25.9. The fraction of sp³-hybridized carbons (Fsp3) is 0. The normalized spacial score (nSPS) is 11.4. The molecular formula is C46H31F2N5. The number of rotatable bonds is 6. The van der Waals surface area contributed by atoms with Crippen LogP contribution in [0.2, 0.25) is 0 Å². The van der Waals surface area contributed by atoms with Gasteiger partial charge in [0.25, 0.3) is 0 Å². The standard InChI is InChI=1S/C46H31F2N5/c47-33-21-32(22-34(48)26-33)46(50)52-42-24-31(20-28-10-5-7-15-38(28)42)41-27-35(23-29-11-4-6-14-37(29)41)51-45(49)30-18-19-40-39-16-8-9-17-43(39)53(44(40)25-30)36-12-2-1-3-13-36/h1-27H,(H2,49,51)(H2,50,52). The quantitative estimate of drug-likeness (QED) is 0.103. The maximum absolute atomic E-state index is 14.1. The number of hydrogen-bond donors (Lipinski definition) is 4. The van der Waals surface area contributed by atoms with Crippen LogP contribution in [0.25, 0.3) is 60.2 Å². The van der Waals surface area contributed by atoms with Gasteiger partial charge in [0.1, 0.15) is 23.3 Å². The Morgan fingerprint density at radius 3 is 1.87 bits per heavy atom. The van der Waals surface area contributed by atoms with Crippen LogP contribution in [-0.4, -0.2) is 16.2 Å². The van der Waals surface area contributed by atoms with Gasteiger partial charge in [-0.05, 0) is 87.9 Å². The highest BCUT2D eigenvalue weighted by atomic mass is 19.1. The van der Waals surface area contributed by atoms with Crippen molar-refractivity contribution in [3.8, 4) is 16.8 Å². The molecule has 1 heterocycles. The minimum absolute atomic E-state index is 0.106. The van der Waals surface area contributed by atoms with Crippen LogP contribution in [0.1, 0.15) is 11.1 Å². The Kier molecular flexibility index (Phi) is 7.74. The first kappa shape index (κ1) is 31.8. The van der Waals surface area contributed by atoms with Gasteiger partial charge in [-0.25, -0.2) is 8.78 Å². The van der Waals surface area contributed by atoms with E-state index in [2.05, 4.69) is 69.8 Å². The molecule has 0 radical (unpaired) electrons. The van der Waals surface area contributed by atoms with Gasteiger partial charge in [0.05, 0.1) is 11.0 Å². The zero-order chi connectivity index (χ0) is 36.1. The van der Waals surface area contributed by atoms with E-state index in [0.717, 1.165) is 89.6 Å². The van der Waals surface area contributed by atoms with Gasteiger partial charge in [-0.15, -0.1) is 0 Å². The van der Waals surface area contributed by atoms with E-state index in [9.17, 15) is 14.2 Å². The van der Waals surface area contributed by atoms with E-state index >= 15 is 0 Å². The fourth-order valence-electron chi connectivity index (χ4n) is 7.29. The minimum atomic E-state index is -0.745. The summed E-state index contributed by atoms with van der Waals surface area (Å²) in [7, 11) is 0. The van der Waals surface area contributed by atoms with Gasteiger partial charge in [-0.1, -0.05) is 97.1 Å². The lowest BCUT2D eigenvalue weighted by Crippen LogP contribution is -2.13. The Hall–Kier alpha value is -7.12. The van der Waals surface area contributed by atoms with E-state index in [-0.39, 0.29) is 17.2 Å². The zero-order valence-corrected chi connectivity index (χ0v) is 28.3. The molecule has 9 rings (SSSR count). The molecule has 4 N–H and O–H groups in total. The predicted octanol–water partition coefficient (Wildman–Crippen LogP) is 11.9. The molecule has 1 aromatic heterocycles. The van der Waals surface area contributed by atoms with Crippen molar-refractivity contribution in [2.45, 2.75) is 0 Å². The number of halogens is 2. The van der Waals surface area contributed by atoms with Crippen molar-refractivity contribution in [3.05, 3.63) is 187 Å². The van der Waals surface area contributed by atoms with Gasteiger partial charge in [0.2, 0.25) is 0 Å². The Morgan fingerprint density at radius 1 is 0.472 bits per heavy atom. The van der Waals surface area contributed by atoms with Gasteiger partial charge in [-0.3, -0.25) is 10.8 Å². The van der Waals surface area contributed by atoms with Crippen molar-refractivity contribution in [2.75, 3.05) is 10.6 Å². The molecule has 9 aromatic rings. The van der Waals surface area contributed by atoms with E-state index in [1.807, 2.05) is 91.0 Å². The van der Waals surface area contributed by atoms with Gasteiger partial charge < -0.3 is 15.2 Å². The van der Waals surface area contributed by atoms with Crippen LogP contribution < -0.4 is 10.6 Å². The molecule has 0 fully saturated rings. The number of anilines is 2. The number of amidine groups is 2. The van der Waals surface area contributed by atoms with Gasteiger partial charge in [-0.2, -0.15) is 0 Å². The lowest BCUT2D eigenvalue weighted by Gasteiger charge is -2.17. The van der Waals surface area contributed by atoms with Gasteiger partial charge in [0, 0.05) is 50.4 Å².